The molecule has 12 heteroatoms. The molecule has 6 atom stereocenters. The molecule has 6 fully saturated rings. The van der Waals surface area contributed by atoms with Crippen LogP contribution in [0.4, 0.5) is 13.6 Å². The van der Waals surface area contributed by atoms with E-state index in [1.165, 1.54) is 0 Å². The van der Waals surface area contributed by atoms with Crippen molar-refractivity contribution >= 4 is 19.1 Å². The maximum Gasteiger partial charge on any atom is 0.482 e. The van der Waals surface area contributed by atoms with Crippen LogP contribution < -0.4 is 5.32 Å². The number of amides is 2. The highest BCUT2D eigenvalue weighted by Crippen LogP contribution is 2.65. The fourth-order valence-corrected chi connectivity index (χ4v) is 8.95. The van der Waals surface area contributed by atoms with Gasteiger partial charge in [0, 0.05) is 38.0 Å². The SMILES string of the molecule is CC1(C)[C@@H]2C[C@H]3OB(C(Cc4ccccc4)NC(=O)OC[C@H]4CCCN4C(=O)C(C#N)=CC(C)(C)N4CCC(F)(F)CC4)O[C@@]3(C)[C@H]1C2. The molecule has 0 spiro atoms. The van der Waals surface area contributed by atoms with Crippen molar-refractivity contribution in [3.63, 3.8) is 0 Å². The first kappa shape index (κ1) is 34.8. The monoisotopic (exact) mass is 666 g/mol. The van der Waals surface area contributed by atoms with Gasteiger partial charge in [-0.2, -0.15) is 5.26 Å². The van der Waals surface area contributed by atoms with Crippen molar-refractivity contribution in [3.05, 3.63) is 47.5 Å². The minimum atomic E-state index is -2.69. The summed E-state index contributed by atoms with van der Waals surface area (Å²) >= 11 is 0. The number of nitrogens with one attached hydrogen (secondary N) is 1. The second-order valence-corrected chi connectivity index (χ2v) is 15.8. The second-order valence-electron chi connectivity index (χ2n) is 15.8. The van der Waals surface area contributed by atoms with Crippen LogP contribution in [0.2, 0.25) is 0 Å². The van der Waals surface area contributed by atoms with Gasteiger partial charge in [0.15, 0.2) is 0 Å². The molecule has 260 valence electrons. The topological polar surface area (TPSA) is 104 Å². The van der Waals surface area contributed by atoms with Gasteiger partial charge in [-0.3, -0.25) is 9.69 Å². The first-order valence-corrected chi connectivity index (χ1v) is 17.5. The smallest absolute Gasteiger partial charge is 0.447 e. The van der Waals surface area contributed by atoms with Crippen LogP contribution in [0.25, 0.3) is 0 Å². The average molecular weight is 667 g/mol. The zero-order chi connectivity index (χ0) is 34.5. The zero-order valence-corrected chi connectivity index (χ0v) is 28.8. The van der Waals surface area contributed by atoms with Gasteiger partial charge in [0.25, 0.3) is 11.8 Å². The third kappa shape index (κ3) is 6.75. The molecule has 2 amide bonds. The number of rotatable bonds is 9. The fraction of sp³-hybridized carbons (Fsp3) is 0.694. The summed E-state index contributed by atoms with van der Waals surface area (Å²) in [5.74, 6) is -2.63. The Hall–Kier alpha value is -3.01. The van der Waals surface area contributed by atoms with Crippen LogP contribution in [0.3, 0.4) is 0 Å². The first-order valence-electron chi connectivity index (χ1n) is 17.5. The Balaban J connectivity index is 1.09. The number of alkyl halides is 2. The number of alkyl carbamates (subject to hydrolysis) is 1. The van der Waals surface area contributed by atoms with E-state index in [9.17, 15) is 23.6 Å². The van der Waals surface area contributed by atoms with Gasteiger partial charge in [-0.15, -0.1) is 0 Å². The van der Waals surface area contributed by atoms with Crippen molar-refractivity contribution in [2.24, 2.45) is 17.3 Å². The number of hydrogen-bond acceptors (Lipinski definition) is 7. The fourth-order valence-electron chi connectivity index (χ4n) is 8.95. The molecule has 0 aromatic heterocycles. The molecule has 7 rings (SSSR count). The maximum absolute atomic E-state index is 13.8. The standard InChI is InChI=1S/C36H49BF2N4O5/c1-33(2,42-16-13-36(38,39)14-17-42)21-25(22-40)31(44)43-15-9-12-27(43)23-46-32(45)41-30(18-24-10-7-6-8-11-24)37-47-29-20-26-19-28(34(26,3)4)35(29,5)48-37/h6-8,10-11,21,26-30H,9,12-20,23H2,1-5H3,(H,41,45)/t26-,27+,28-,29+,30?,35-/m0/s1. The third-order valence-electron chi connectivity index (χ3n) is 12.1. The Morgan fingerprint density at radius 3 is 2.54 bits per heavy atom. The Labute approximate surface area is 283 Å². The molecular weight excluding hydrogens is 617 g/mol. The lowest BCUT2D eigenvalue weighted by atomic mass is 9.43. The Bertz CT molecular complexity index is 1440. The van der Waals surface area contributed by atoms with Gasteiger partial charge in [-0.05, 0) is 81.8 Å². The molecule has 1 N–H and O–H groups in total. The van der Waals surface area contributed by atoms with Crippen molar-refractivity contribution in [1.82, 2.24) is 15.1 Å². The highest BCUT2D eigenvalue weighted by molar-refractivity contribution is 6.47. The first-order chi connectivity index (χ1) is 22.6. The molecule has 1 unspecified atom stereocenters. The van der Waals surface area contributed by atoms with E-state index < -0.39 is 42.1 Å². The summed E-state index contributed by atoms with van der Waals surface area (Å²) in [6, 6.07) is 11.5. The molecule has 48 heavy (non-hydrogen) atoms. The number of ether oxygens (including phenoxy) is 1. The predicted octanol–water partition coefficient (Wildman–Crippen LogP) is 5.54. The molecule has 3 saturated heterocycles. The van der Waals surface area contributed by atoms with Crippen molar-refractivity contribution in [3.8, 4) is 6.07 Å². The lowest BCUT2D eigenvalue weighted by Gasteiger charge is -2.64. The summed E-state index contributed by atoms with van der Waals surface area (Å²) in [7, 11) is -0.634. The number of nitrogens with zero attached hydrogens (tertiary/aromatic N) is 3. The van der Waals surface area contributed by atoms with E-state index in [2.05, 4.69) is 26.1 Å². The second kappa shape index (κ2) is 13.0. The molecule has 2 bridgehead atoms. The van der Waals surface area contributed by atoms with E-state index in [4.69, 9.17) is 14.0 Å². The van der Waals surface area contributed by atoms with Gasteiger partial charge in [0.1, 0.15) is 18.2 Å². The highest BCUT2D eigenvalue weighted by atomic mass is 19.3. The molecule has 3 aliphatic heterocycles. The van der Waals surface area contributed by atoms with Crippen LogP contribution >= 0.6 is 0 Å². The van der Waals surface area contributed by atoms with E-state index in [0.717, 1.165) is 18.4 Å². The van der Waals surface area contributed by atoms with Crippen molar-refractivity contribution < 1.29 is 32.4 Å². The van der Waals surface area contributed by atoms with Crippen LogP contribution in [-0.2, 0) is 25.3 Å². The van der Waals surface area contributed by atoms with Gasteiger partial charge >= 0.3 is 13.2 Å². The summed E-state index contributed by atoms with van der Waals surface area (Å²) < 4.78 is 46.5. The van der Waals surface area contributed by atoms with Crippen LogP contribution in [0.1, 0.15) is 78.7 Å². The molecule has 1 aromatic carbocycles. The van der Waals surface area contributed by atoms with E-state index in [1.54, 1.807) is 11.0 Å². The highest BCUT2D eigenvalue weighted by Gasteiger charge is 2.68. The Morgan fingerprint density at radius 1 is 1.17 bits per heavy atom. The van der Waals surface area contributed by atoms with E-state index >= 15 is 0 Å². The van der Waals surface area contributed by atoms with E-state index in [-0.39, 0.29) is 55.7 Å². The largest absolute Gasteiger partial charge is 0.482 e. The minimum Gasteiger partial charge on any atom is -0.447 e. The van der Waals surface area contributed by atoms with Gasteiger partial charge in [0.2, 0.25) is 0 Å². The average Bonchev–Trinajstić information content (AvgIpc) is 3.66. The van der Waals surface area contributed by atoms with Crippen molar-refractivity contribution in [1.29, 1.82) is 5.26 Å². The summed E-state index contributed by atoms with van der Waals surface area (Å²) in [5.41, 5.74) is 0.00342. The number of hydrogen-bond donors (Lipinski definition) is 1. The summed E-state index contributed by atoms with van der Waals surface area (Å²) in [4.78, 5) is 30.4. The molecular formula is C36H49BF2N4O5. The quantitative estimate of drug-likeness (QED) is 0.210. The van der Waals surface area contributed by atoms with E-state index in [1.807, 2.05) is 55.1 Å². The summed E-state index contributed by atoms with van der Waals surface area (Å²) in [6.07, 6.45) is 4.33. The molecule has 1 aromatic rings. The van der Waals surface area contributed by atoms with Crippen LogP contribution in [0.15, 0.2) is 42.0 Å². The van der Waals surface area contributed by atoms with Crippen molar-refractivity contribution in [2.75, 3.05) is 26.2 Å². The van der Waals surface area contributed by atoms with Gasteiger partial charge < -0.3 is 24.3 Å². The minimum absolute atomic E-state index is 0.0242. The number of likely N-dealkylation sites (tertiary alicyclic amines) is 2. The molecule has 3 heterocycles. The molecule has 0 radical (unpaired) electrons. The zero-order valence-electron chi connectivity index (χ0n) is 28.8. The number of carbonyl (C=O) groups excluding carboxylic acids is 2. The van der Waals surface area contributed by atoms with Crippen LogP contribution in [0, 0.1) is 28.6 Å². The third-order valence-corrected chi connectivity index (χ3v) is 12.1. The number of piperidine rings is 1. The predicted molar refractivity (Wildman–Crippen MR) is 177 cm³/mol. The van der Waals surface area contributed by atoms with Gasteiger partial charge in [0.05, 0.1) is 23.7 Å². The van der Waals surface area contributed by atoms with Gasteiger partial charge in [-0.25, -0.2) is 13.6 Å². The molecule has 3 aliphatic carbocycles. The Kier molecular flexibility index (Phi) is 9.46. The summed E-state index contributed by atoms with van der Waals surface area (Å²) in [5, 5.41) is 13.0. The maximum atomic E-state index is 13.8. The van der Waals surface area contributed by atoms with Gasteiger partial charge in [-0.1, -0.05) is 44.2 Å². The van der Waals surface area contributed by atoms with E-state index in [0.29, 0.717) is 37.6 Å². The number of nitriles is 1. The normalized spacial score (nSPS) is 31.8. The Morgan fingerprint density at radius 2 is 1.88 bits per heavy atom. The molecule has 9 nitrogen and oxygen atoms in total. The van der Waals surface area contributed by atoms with Crippen LogP contribution in [0.5, 0.6) is 0 Å². The lowest BCUT2D eigenvalue weighted by Crippen LogP contribution is -2.65. The number of halogens is 2. The number of carbonyl (C=O) groups is 2. The summed E-state index contributed by atoms with van der Waals surface area (Å²) in [6.45, 7) is 11.2. The van der Waals surface area contributed by atoms with Crippen LogP contribution in [-0.4, -0.2) is 90.3 Å². The number of benzene rings is 1. The molecule has 6 aliphatic rings. The molecule has 3 saturated carbocycles. The lowest BCUT2D eigenvalue weighted by molar-refractivity contribution is -0.199. The van der Waals surface area contributed by atoms with Crippen molar-refractivity contribution in [2.45, 2.75) is 115 Å².